The summed E-state index contributed by atoms with van der Waals surface area (Å²) in [6.45, 7) is 0.0856. The van der Waals surface area contributed by atoms with Crippen LogP contribution < -0.4 is 9.88 Å². The van der Waals surface area contributed by atoms with Gasteiger partial charge in [-0.2, -0.15) is 0 Å². The van der Waals surface area contributed by atoms with Crippen molar-refractivity contribution >= 4 is 31.6 Å². The smallest absolute Gasteiger partial charge is 0.312 e. The number of para-hydroxylation sites is 1. The fraction of sp³-hybridized carbons (Fsp3) is 0.400. The zero-order valence-corrected chi connectivity index (χ0v) is 12.7. The van der Waals surface area contributed by atoms with Gasteiger partial charge in [0, 0.05) is 6.07 Å². The van der Waals surface area contributed by atoms with Gasteiger partial charge in [-0.1, -0.05) is 6.07 Å². The van der Waals surface area contributed by atoms with Crippen LogP contribution in [0, 0.1) is 10.1 Å². The second kappa shape index (κ2) is 7.53. The Bertz CT molecular complexity index is 577. The molecule has 0 atom stereocenters. The van der Waals surface area contributed by atoms with Crippen molar-refractivity contribution in [1.29, 1.82) is 0 Å². The van der Waals surface area contributed by atoms with E-state index in [2.05, 4.69) is 15.9 Å². The van der Waals surface area contributed by atoms with Gasteiger partial charge in [-0.15, -0.1) is 0 Å². The van der Waals surface area contributed by atoms with Crippen LogP contribution >= 0.6 is 15.9 Å². The maximum Gasteiger partial charge on any atom is 0.312 e. The summed E-state index contributed by atoms with van der Waals surface area (Å²) in [6.07, 6.45) is 0. The molecule has 0 aliphatic rings. The Kier molecular flexibility index (Phi) is 6.33. The first-order chi connectivity index (χ1) is 9.31. The second-order valence-electron chi connectivity index (χ2n) is 3.67. The van der Waals surface area contributed by atoms with E-state index in [1.54, 1.807) is 6.07 Å². The molecule has 10 heteroatoms. The molecule has 0 heterocycles. The molecule has 1 aromatic carbocycles. The molecule has 0 aromatic heterocycles. The molecule has 0 saturated carbocycles. The van der Waals surface area contributed by atoms with Crippen molar-refractivity contribution in [2.45, 2.75) is 0 Å². The number of sulfonamides is 1. The molecule has 0 bridgehead atoms. The van der Waals surface area contributed by atoms with E-state index in [1.807, 2.05) is 0 Å². The van der Waals surface area contributed by atoms with Crippen LogP contribution in [0.1, 0.15) is 0 Å². The van der Waals surface area contributed by atoms with Crippen LogP contribution in [0.2, 0.25) is 0 Å². The Morgan fingerprint density at radius 1 is 1.30 bits per heavy atom. The van der Waals surface area contributed by atoms with E-state index in [4.69, 9.17) is 14.6 Å². The molecule has 0 saturated heterocycles. The van der Waals surface area contributed by atoms with Crippen molar-refractivity contribution in [2.75, 3.05) is 25.6 Å². The predicted octanol–water partition coefficient (Wildman–Crippen LogP) is 1.04. The summed E-state index contributed by atoms with van der Waals surface area (Å²) in [4.78, 5) is 10.3. The van der Waals surface area contributed by atoms with E-state index in [9.17, 15) is 18.5 Å². The maximum atomic E-state index is 10.8. The number of benzene rings is 1. The lowest BCUT2D eigenvalue weighted by Crippen LogP contribution is -2.21. The number of primary sulfonamides is 1. The van der Waals surface area contributed by atoms with Crippen molar-refractivity contribution in [1.82, 2.24) is 0 Å². The van der Waals surface area contributed by atoms with Gasteiger partial charge in [-0.25, -0.2) is 13.6 Å². The minimum atomic E-state index is -3.55. The molecule has 0 aliphatic heterocycles. The number of halogens is 1. The van der Waals surface area contributed by atoms with Crippen molar-refractivity contribution in [2.24, 2.45) is 5.14 Å². The van der Waals surface area contributed by atoms with E-state index >= 15 is 0 Å². The third kappa shape index (κ3) is 5.82. The molecule has 0 unspecified atom stereocenters. The van der Waals surface area contributed by atoms with Crippen LogP contribution in [-0.2, 0) is 14.8 Å². The molecular weight excluding hydrogens is 356 g/mol. The van der Waals surface area contributed by atoms with Gasteiger partial charge in [0.2, 0.25) is 15.8 Å². The molecule has 1 aromatic rings. The summed E-state index contributed by atoms with van der Waals surface area (Å²) in [6, 6.07) is 4.46. The number of ether oxygens (including phenoxy) is 2. The van der Waals surface area contributed by atoms with Gasteiger partial charge < -0.3 is 9.47 Å². The van der Waals surface area contributed by atoms with Crippen LogP contribution in [0.25, 0.3) is 0 Å². The highest BCUT2D eigenvalue weighted by Gasteiger charge is 2.17. The maximum absolute atomic E-state index is 10.8. The van der Waals surface area contributed by atoms with Gasteiger partial charge in [0.25, 0.3) is 0 Å². The Hall–Kier alpha value is -1.23. The van der Waals surface area contributed by atoms with Gasteiger partial charge in [-0.3, -0.25) is 10.1 Å². The summed E-state index contributed by atoms with van der Waals surface area (Å²) in [5, 5.41) is 15.6. The highest BCUT2D eigenvalue weighted by molar-refractivity contribution is 9.10. The van der Waals surface area contributed by atoms with E-state index in [1.165, 1.54) is 12.1 Å². The monoisotopic (exact) mass is 368 g/mol. The van der Waals surface area contributed by atoms with E-state index in [0.717, 1.165) is 0 Å². The second-order valence-corrected chi connectivity index (χ2v) is 6.26. The topological polar surface area (TPSA) is 122 Å². The SMILES string of the molecule is NS(=O)(=O)CCOCCOc1c(Br)cccc1[N+](=O)[O-]. The summed E-state index contributed by atoms with van der Waals surface area (Å²) < 4.78 is 32.0. The van der Waals surface area contributed by atoms with Gasteiger partial charge in [-0.05, 0) is 22.0 Å². The predicted molar refractivity (Wildman–Crippen MR) is 75.1 cm³/mol. The quantitative estimate of drug-likeness (QED) is 0.415. The third-order valence-electron chi connectivity index (χ3n) is 2.13. The molecular formula is C10H13BrN2O6S. The minimum absolute atomic E-state index is 0.0497. The number of hydrogen-bond donors (Lipinski definition) is 1. The van der Waals surface area contributed by atoms with Crippen LogP contribution in [0.5, 0.6) is 5.75 Å². The molecule has 1 rings (SSSR count). The van der Waals surface area contributed by atoms with Crippen LogP contribution in [0.3, 0.4) is 0 Å². The first kappa shape index (κ1) is 16.8. The number of rotatable bonds is 8. The first-order valence-electron chi connectivity index (χ1n) is 5.45. The highest BCUT2D eigenvalue weighted by atomic mass is 79.9. The molecule has 2 N–H and O–H groups in total. The van der Waals surface area contributed by atoms with E-state index in [-0.39, 0.29) is 37.0 Å². The van der Waals surface area contributed by atoms with E-state index < -0.39 is 14.9 Å². The van der Waals surface area contributed by atoms with E-state index in [0.29, 0.717) is 4.47 Å². The number of nitro groups is 1. The summed E-state index contributed by atoms with van der Waals surface area (Å²) in [5.41, 5.74) is -0.163. The average molecular weight is 369 g/mol. The van der Waals surface area contributed by atoms with Crippen LogP contribution in [0.15, 0.2) is 22.7 Å². The summed E-state index contributed by atoms with van der Waals surface area (Å²) in [7, 11) is -3.55. The molecule has 0 radical (unpaired) electrons. The molecule has 0 fully saturated rings. The lowest BCUT2D eigenvalue weighted by atomic mass is 10.3. The van der Waals surface area contributed by atoms with Gasteiger partial charge in [0.15, 0.2) is 0 Å². The first-order valence-corrected chi connectivity index (χ1v) is 7.96. The van der Waals surface area contributed by atoms with Gasteiger partial charge >= 0.3 is 5.69 Å². The summed E-state index contributed by atoms with van der Waals surface area (Å²) in [5.74, 6) is -0.185. The summed E-state index contributed by atoms with van der Waals surface area (Å²) >= 11 is 3.16. The van der Waals surface area contributed by atoms with Crippen molar-refractivity contribution in [3.05, 3.63) is 32.8 Å². The molecule has 20 heavy (non-hydrogen) atoms. The lowest BCUT2D eigenvalue weighted by molar-refractivity contribution is -0.386. The number of nitrogens with zero attached hydrogens (tertiary/aromatic N) is 1. The zero-order valence-electron chi connectivity index (χ0n) is 10.3. The Morgan fingerprint density at radius 3 is 2.60 bits per heavy atom. The Labute approximate surface area is 124 Å². The highest BCUT2D eigenvalue weighted by Crippen LogP contribution is 2.34. The zero-order chi connectivity index (χ0) is 15.2. The van der Waals surface area contributed by atoms with Gasteiger partial charge in [0.1, 0.15) is 6.61 Å². The normalized spacial score (nSPS) is 11.3. The standard InChI is InChI=1S/C10H13BrN2O6S/c11-8-2-1-3-9(13(14)15)10(8)19-5-4-18-6-7-20(12,16)17/h1-3H,4-7H2,(H2,12,16,17). The molecule has 8 nitrogen and oxygen atoms in total. The fourth-order valence-electron chi connectivity index (χ4n) is 1.26. The molecule has 0 amide bonds. The Balaban J connectivity index is 2.45. The minimum Gasteiger partial charge on any atom is -0.484 e. The molecule has 0 aliphatic carbocycles. The molecule has 0 spiro atoms. The fourth-order valence-corrected chi connectivity index (χ4v) is 2.08. The van der Waals surface area contributed by atoms with Crippen molar-refractivity contribution < 1.29 is 22.8 Å². The number of hydrogen-bond acceptors (Lipinski definition) is 6. The number of nitro benzene ring substituents is 1. The van der Waals surface area contributed by atoms with Crippen LogP contribution in [0.4, 0.5) is 5.69 Å². The van der Waals surface area contributed by atoms with Crippen LogP contribution in [-0.4, -0.2) is 38.9 Å². The molecule has 112 valence electrons. The number of nitrogens with two attached hydrogens (primary N) is 1. The third-order valence-corrected chi connectivity index (χ3v) is 3.49. The largest absolute Gasteiger partial charge is 0.484 e. The lowest BCUT2D eigenvalue weighted by Gasteiger charge is -2.08. The average Bonchev–Trinajstić information content (AvgIpc) is 2.33. The van der Waals surface area contributed by atoms with Crippen molar-refractivity contribution in [3.8, 4) is 5.75 Å². The van der Waals surface area contributed by atoms with Crippen molar-refractivity contribution in [3.63, 3.8) is 0 Å². The van der Waals surface area contributed by atoms with Gasteiger partial charge in [0.05, 0.1) is 28.4 Å². The Morgan fingerprint density at radius 2 is 2.00 bits per heavy atom.